The summed E-state index contributed by atoms with van der Waals surface area (Å²) in [7, 11) is 1.82. The largest absolute Gasteiger partial charge is 0.481 e. The molecule has 2 atom stereocenters. The highest BCUT2D eigenvalue weighted by Gasteiger charge is 2.35. The lowest BCUT2D eigenvalue weighted by Gasteiger charge is -2.30. The molecule has 1 amide bonds. The van der Waals surface area contributed by atoms with Gasteiger partial charge >= 0.3 is 5.97 Å². The highest BCUT2D eigenvalue weighted by Crippen LogP contribution is 2.38. The summed E-state index contributed by atoms with van der Waals surface area (Å²) in [5, 5.41) is 9.06. The Morgan fingerprint density at radius 1 is 1.19 bits per heavy atom. The van der Waals surface area contributed by atoms with Gasteiger partial charge in [0.05, 0.1) is 11.8 Å². The molecule has 26 heavy (non-hydrogen) atoms. The third kappa shape index (κ3) is 3.52. The molecule has 2 unspecified atom stereocenters. The Balaban J connectivity index is 1.85. The fourth-order valence-electron chi connectivity index (χ4n) is 3.99. The van der Waals surface area contributed by atoms with Crippen LogP contribution in [-0.2, 0) is 11.2 Å². The molecule has 5 nitrogen and oxygen atoms in total. The molecule has 1 fully saturated rings. The summed E-state index contributed by atoms with van der Waals surface area (Å²) < 4.78 is 5.34. The smallest absolute Gasteiger partial charge is 0.311 e. The minimum absolute atomic E-state index is 0.109. The van der Waals surface area contributed by atoms with Crippen molar-refractivity contribution >= 4 is 11.9 Å². The van der Waals surface area contributed by atoms with Crippen LogP contribution < -0.4 is 0 Å². The molecular weight excluding hydrogens is 330 g/mol. The van der Waals surface area contributed by atoms with Gasteiger partial charge in [0.1, 0.15) is 12.2 Å². The average Bonchev–Trinajstić information content (AvgIpc) is 3.21. The number of benzene rings is 1. The van der Waals surface area contributed by atoms with E-state index in [1.54, 1.807) is 11.8 Å². The molecule has 1 aromatic carbocycles. The van der Waals surface area contributed by atoms with E-state index in [0.29, 0.717) is 17.0 Å². The Hall–Kier alpha value is -2.56. The maximum atomic E-state index is 13.1. The van der Waals surface area contributed by atoms with Gasteiger partial charge in [0.15, 0.2) is 0 Å². The van der Waals surface area contributed by atoms with Gasteiger partial charge in [0.25, 0.3) is 5.91 Å². The lowest BCUT2D eigenvalue weighted by Crippen LogP contribution is -2.39. The van der Waals surface area contributed by atoms with Crippen LogP contribution in [0.15, 0.2) is 34.9 Å². The average molecular weight is 355 g/mol. The Morgan fingerprint density at radius 2 is 1.88 bits per heavy atom. The number of carbonyl (C=O) groups is 2. The molecule has 1 N–H and O–H groups in total. The zero-order valence-corrected chi connectivity index (χ0v) is 15.5. The van der Waals surface area contributed by atoms with Crippen LogP contribution >= 0.6 is 0 Å². The molecule has 3 rings (SSSR count). The highest BCUT2D eigenvalue weighted by molar-refractivity contribution is 5.97. The van der Waals surface area contributed by atoms with E-state index in [0.717, 1.165) is 19.3 Å². The molecule has 1 saturated carbocycles. The van der Waals surface area contributed by atoms with E-state index < -0.39 is 5.97 Å². The first-order chi connectivity index (χ1) is 12.4. The maximum absolute atomic E-state index is 13.1. The second-order valence-electron chi connectivity index (χ2n) is 7.22. The van der Waals surface area contributed by atoms with Gasteiger partial charge in [-0.3, -0.25) is 9.59 Å². The van der Waals surface area contributed by atoms with Crippen molar-refractivity contribution < 1.29 is 19.1 Å². The van der Waals surface area contributed by atoms with Crippen LogP contribution in [0.25, 0.3) is 0 Å². The molecule has 1 aromatic heterocycles. The lowest BCUT2D eigenvalue weighted by atomic mass is 9.92. The van der Waals surface area contributed by atoms with Crippen LogP contribution in [0.4, 0.5) is 0 Å². The molecule has 1 heterocycles. The third-order valence-electron chi connectivity index (χ3n) is 5.38. The Kier molecular flexibility index (Phi) is 5.16. The molecule has 1 aliphatic carbocycles. The van der Waals surface area contributed by atoms with Crippen molar-refractivity contribution in [1.29, 1.82) is 0 Å². The van der Waals surface area contributed by atoms with Crippen molar-refractivity contribution in [3.63, 3.8) is 0 Å². The van der Waals surface area contributed by atoms with Gasteiger partial charge in [0, 0.05) is 24.6 Å². The maximum Gasteiger partial charge on any atom is 0.311 e. The Labute approximate surface area is 153 Å². The number of furan rings is 1. The molecule has 0 radical (unpaired) electrons. The van der Waals surface area contributed by atoms with E-state index in [1.807, 2.05) is 7.05 Å². The van der Waals surface area contributed by atoms with E-state index in [1.165, 1.54) is 17.4 Å². The third-order valence-corrected chi connectivity index (χ3v) is 5.38. The summed E-state index contributed by atoms with van der Waals surface area (Å²) in [6, 6.07) is 8.62. The second-order valence-corrected chi connectivity index (χ2v) is 7.22. The number of amides is 1. The first-order valence-electron chi connectivity index (χ1n) is 9.01. The molecule has 0 aliphatic heterocycles. The number of likely N-dealkylation sites (N-methyl/N-ethyl adjacent to an activating group) is 1. The van der Waals surface area contributed by atoms with Crippen molar-refractivity contribution in [2.75, 3.05) is 7.05 Å². The molecule has 138 valence electrons. The number of carbonyl (C=O) groups excluding carboxylic acids is 1. The summed E-state index contributed by atoms with van der Waals surface area (Å²) in [4.78, 5) is 26.0. The normalized spacial score (nSPS) is 19.5. The minimum atomic E-state index is -1.01. The molecule has 5 heteroatoms. The monoisotopic (exact) mass is 355 g/mol. The number of aryl methyl sites for hydroxylation is 2. The van der Waals surface area contributed by atoms with Crippen LogP contribution in [0, 0.1) is 13.8 Å². The quantitative estimate of drug-likeness (QED) is 0.882. The topological polar surface area (TPSA) is 70.8 Å². The van der Waals surface area contributed by atoms with Crippen molar-refractivity contribution in [2.45, 2.75) is 51.5 Å². The molecular formula is C21H25NO4. The zero-order chi connectivity index (χ0) is 18.8. The van der Waals surface area contributed by atoms with Gasteiger partial charge in [-0.15, -0.1) is 0 Å². The molecule has 0 spiro atoms. The summed E-state index contributed by atoms with van der Waals surface area (Å²) in [5.74, 6) is -0.623. The van der Waals surface area contributed by atoms with Crippen LogP contribution in [0.1, 0.15) is 58.0 Å². The van der Waals surface area contributed by atoms with E-state index in [9.17, 15) is 9.59 Å². The lowest BCUT2D eigenvalue weighted by molar-refractivity contribution is -0.136. The number of hydrogen-bond acceptors (Lipinski definition) is 3. The number of carboxylic acids is 1. The predicted octanol–water partition coefficient (Wildman–Crippen LogP) is 3.93. The molecule has 2 aromatic rings. The first-order valence-corrected chi connectivity index (χ1v) is 9.01. The number of aliphatic carboxylic acids is 1. The van der Waals surface area contributed by atoms with Crippen molar-refractivity contribution in [3.05, 3.63) is 58.5 Å². The summed E-state index contributed by atoms with van der Waals surface area (Å²) >= 11 is 0. The van der Waals surface area contributed by atoms with Gasteiger partial charge in [0.2, 0.25) is 0 Å². The minimum Gasteiger partial charge on any atom is -0.481 e. The first kappa shape index (κ1) is 18.2. The number of carboxylic acid groups (broad SMARTS) is 1. The van der Waals surface area contributed by atoms with E-state index in [2.05, 4.69) is 31.2 Å². The van der Waals surface area contributed by atoms with Gasteiger partial charge in [-0.1, -0.05) is 36.2 Å². The van der Waals surface area contributed by atoms with Crippen LogP contribution in [-0.4, -0.2) is 35.0 Å². The van der Waals surface area contributed by atoms with E-state index >= 15 is 0 Å². The van der Waals surface area contributed by atoms with Gasteiger partial charge in [-0.2, -0.15) is 0 Å². The Morgan fingerprint density at radius 3 is 2.54 bits per heavy atom. The molecule has 1 aliphatic rings. The summed E-state index contributed by atoms with van der Waals surface area (Å²) in [5.41, 5.74) is 3.56. The SMILES string of the molecule is Cc1ccc(C2CCCC2N(C)C(=O)c2c(C)coc2CC(=O)O)cc1. The van der Waals surface area contributed by atoms with Crippen molar-refractivity contribution in [2.24, 2.45) is 0 Å². The number of rotatable bonds is 5. The fourth-order valence-corrected chi connectivity index (χ4v) is 3.99. The predicted molar refractivity (Wildman–Crippen MR) is 98.4 cm³/mol. The Bertz CT molecular complexity index is 806. The van der Waals surface area contributed by atoms with E-state index in [4.69, 9.17) is 9.52 Å². The molecule has 0 saturated heterocycles. The van der Waals surface area contributed by atoms with Gasteiger partial charge in [-0.25, -0.2) is 0 Å². The summed E-state index contributed by atoms with van der Waals surface area (Å²) in [6.07, 6.45) is 4.26. The summed E-state index contributed by atoms with van der Waals surface area (Å²) in [6.45, 7) is 3.85. The number of nitrogens with zero attached hydrogens (tertiary/aromatic N) is 1. The van der Waals surface area contributed by atoms with Crippen LogP contribution in [0.2, 0.25) is 0 Å². The second kappa shape index (κ2) is 7.36. The standard InChI is InChI=1S/C21H25NO4/c1-13-7-9-15(10-8-13)16-5-4-6-17(16)22(3)21(25)20-14(2)12-26-18(20)11-19(23)24/h7-10,12,16-17H,4-6,11H2,1-3H3,(H,23,24). The van der Waals surface area contributed by atoms with E-state index in [-0.39, 0.29) is 24.1 Å². The van der Waals surface area contributed by atoms with Crippen molar-refractivity contribution in [3.8, 4) is 0 Å². The highest BCUT2D eigenvalue weighted by atomic mass is 16.4. The fraction of sp³-hybridized carbons (Fsp3) is 0.429. The molecule has 0 bridgehead atoms. The number of hydrogen-bond donors (Lipinski definition) is 1. The van der Waals surface area contributed by atoms with Crippen LogP contribution in [0.5, 0.6) is 0 Å². The van der Waals surface area contributed by atoms with Gasteiger partial charge < -0.3 is 14.4 Å². The van der Waals surface area contributed by atoms with Crippen LogP contribution in [0.3, 0.4) is 0 Å². The van der Waals surface area contributed by atoms with Gasteiger partial charge in [-0.05, 0) is 32.3 Å². The van der Waals surface area contributed by atoms with Crippen molar-refractivity contribution in [1.82, 2.24) is 4.90 Å². The zero-order valence-electron chi connectivity index (χ0n) is 15.5.